The molecule has 0 amide bonds. The van der Waals surface area contributed by atoms with E-state index in [0.717, 1.165) is 22.4 Å². The lowest BCUT2D eigenvalue weighted by Crippen LogP contribution is -2.36. The second kappa shape index (κ2) is 5.92. The fourth-order valence-corrected chi connectivity index (χ4v) is 4.26. The number of benzene rings is 2. The van der Waals surface area contributed by atoms with Gasteiger partial charge in [0, 0.05) is 35.0 Å². The van der Waals surface area contributed by atoms with Crippen LogP contribution < -0.4 is 0 Å². The second-order valence-corrected chi connectivity index (χ2v) is 7.47. The van der Waals surface area contributed by atoms with Gasteiger partial charge < -0.3 is 4.57 Å². The molecular formula is C22H16BrN3. The summed E-state index contributed by atoms with van der Waals surface area (Å²) in [6.07, 6.45) is 6.65. The molecule has 1 aliphatic heterocycles. The van der Waals surface area contributed by atoms with Crippen molar-refractivity contribution in [3.05, 3.63) is 107 Å². The summed E-state index contributed by atoms with van der Waals surface area (Å²) in [6.45, 7) is 0. The molecule has 2 aromatic carbocycles. The first kappa shape index (κ1) is 15.5. The van der Waals surface area contributed by atoms with Gasteiger partial charge in [0.05, 0.1) is 5.69 Å². The van der Waals surface area contributed by atoms with Crippen molar-refractivity contribution in [2.75, 3.05) is 0 Å². The Morgan fingerprint density at radius 1 is 0.885 bits per heavy atom. The lowest BCUT2D eigenvalue weighted by atomic mass is 9.80. The van der Waals surface area contributed by atoms with Crippen LogP contribution in [0, 0.1) is 0 Å². The number of nitrogens with zero attached hydrogens (tertiary/aromatic N) is 3. The normalized spacial score (nSPS) is 17.7. The van der Waals surface area contributed by atoms with E-state index in [4.69, 9.17) is 4.98 Å². The van der Waals surface area contributed by atoms with Crippen LogP contribution in [0.5, 0.6) is 0 Å². The summed E-state index contributed by atoms with van der Waals surface area (Å²) in [4.78, 5) is 9.45. The highest BCUT2D eigenvalue weighted by Gasteiger charge is 2.45. The van der Waals surface area contributed by atoms with Gasteiger partial charge in [-0.3, -0.25) is 4.98 Å². The number of halogens is 1. The van der Waals surface area contributed by atoms with Crippen molar-refractivity contribution in [2.24, 2.45) is 0 Å². The molecule has 1 atom stereocenters. The van der Waals surface area contributed by atoms with E-state index in [1.54, 1.807) is 0 Å². The van der Waals surface area contributed by atoms with E-state index < -0.39 is 5.54 Å². The molecule has 0 aliphatic carbocycles. The number of hydrogen-bond donors (Lipinski definition) is 0. The molecule has 5 rings (SSSR count). The SMILES string of the molecule is Brc1ccc([C@@]2(Cc3ccccc3)c3ccccc3-c3nccn32)nc1. The molecule has 0 radical (unpaired) electrons. The van der Waals surface area contributed by atoms with Gasteiger partial charge in [-0.25, -0.2) is 4.98 Å². The highest BCUT2D eigenvalue weighted by atomic mass is 79.9. The van der Waals surface area contributed by atoms with Crippen molar-refractivity contribution in [3.63, 3.8) is 0 Å². The van der Waals surface area contributed by atoms with E-state index in [9.17, 15) is 0 Å². The van der Waals surface area contributed by atoms with E-state index in [2.05, 4.69) is 98.4 Å². The van der Waals surface area contributed by atoms with E-state index in [1.165, 1.54) is 16.7 Å². The molecule has 3 nitrogen and oxygen atoms in total. The summed E-state index contributed by atoms with van der Waals surface area (Å²) in [5.74, 6) is 1.00. The molecule has 0 saturated heterocycles. The first-order valence-electron chi connectivity index (χ1n) is 8.59. The van der Waals surface area contributed by atoms with Gasteiger partial charge in [0.15, 0.2) is 0 Å². The Balaban J connectivity index is 1.82. The first-order valence-corrected chi connectivity index (χ1v) is 9.38. The van der Waals surface area contributed by atoms with E-state index >= 15 is 0 Å². The minimum absolute atomic E-state index is 0.398. The molecule has 2 aromatic heterocycles. The zero-order valence-electron chi connectivity index (χ0n) is 14.0. The third kappa shape index (κ3) is 2.19. The Labute approximate surface area is 160 Å². The fourth-order valence-electron chi connectivity index (χ4n) is 4.02. The Morgan fingerprint density at radius 3 is 2.50 bits per heavy atom. The zero-order valence-corrected chi connectivity index (χ0v) is 15.6. The fraction of sp³-hybridized carbons (Fsp3) is 0.0909. The molecule has 0 unspecified atom stereocenters. The standard InChI is InChI=1S/C22H16BrN3/c23-17-10-11-20(25-15-17)22(14-16-6-2-1-3-7-16)19-9-5-4-8-18(19)21-24-12-13-26(21)22/h1-13,15H,14H2/t22-/m1/s1. The van der Waals surface area contributed by atoms with Crippen LogP contribution >= 0.6 is 15.9 Å². The van der Waals surface area contributed by atoms with Gasteiger partial charge in [0.25, 0.3) is 0 Å². The monoisotopic (exact) mass is 401 g/mol. The molecule has 3 heterocycles. The zero-order chi connectivity index (χ0) is 17.6. The topological polar surface area (TPSA) is 30.7 Å². The molecule has 4 aromatic rings. The lowest BCUT2D eigenvalue weighted by Gasteiger charge is -2.32. The maximum Gasteiger partial charge on any atom is 0.141 e. The Kier molecular flexibility index (Phi) is 3.54. The van der Waals surface area contributed by atoms with Crippen LogP contribution in [0.15, 0.2) is 89.8 Å². The minimum Gasteiger partial charge on any atom is -0.315 e. The summed E-state index contributed by atoms with van der Waals surface area (Å²) in [7, 11) is 0. The van der Waals surface area contributed by atoms with Crippen molar-refractivity contribution < 1.29 is 0 Å². The van der Waals surface area contributed by atoms with Crippen LogP contribution in [-0.2, 0) is 12.0 Å². The van der Waals surface area contributed by atoms with Gasteiger partial charge in [0.1, 0.15) is 11.4 Å². The third-order valence-electron chi connectivity index (χ3n) is 5.12. The summed E-state index contributed by atoms with van der Waals surface area (Å²) >= 11 is 3.51. The number of rotatable bonds is 3. The Hall–Kier alpha value is -2.72. The second-order valence-electron chi connectivity index (χ2n) is 6.55. The summed E-state index contributed by atoms with van der Waals surface area (Å²) in [5, 5.41) is 0. The molecule has 0 N–H and O–H groups in total. The van der Waals surface area contributed by atoms with E-state index in [-0.39, 0.29) is 0 Å². The molecular weight excluding hydrogens is 386 g/mol. The van der Waals surface area contributed by atoms with Crippen molar-refractivity contribution >= 4 is 15.9 Å². The number of imidazole rings is 1. The lowest BCUT2D eigenvalue weighted by molar-refractivity contribution is 0.437. The highest BCUT2D eigenvalue weighted by molar-refractivity contribution is 9.10. The number of pyridine rings is 1. The Bertz CT molecular complexity index is 1070. The van der Waals surface area contributed by atoms with Crippen LogP contribution in [0.2, 0.25) is 0 Å². The molecule has 26 heavy (non-hydrogen) atoms. The van der Waals surface area contributed by atoms with Crippen molar-refractivity contribution in [2.45, 2.75) is 12.0 Å². The van der Waals surface area contributed by atoms with E-state index in [1.807, 2.05) is 12.4 Å². The largest absolute Gasteiger partial charge is 0.315 e. The number of aromatic nitrogens is 3. The molecule has 1 aliphatic rings. The van der Waals surface area contributed by atoms with Gasteiger partial charge in [-0.05, 0) is 39.2 Å². The van der Waals surface area contributed by atoms with Crippen LogP contribution in [0.1, 0.15) is 16.8 Å². The van der Waals surface area contributed by atoms with Crippen molar-refractivity contribution in [1.82, 2.24) is 14.5 Å². The molecule has 0 spiro atoms. The minimum atomic E-state index is -0.398. The van der Waals surface area contributed by atoms with Gasteiger partial charge in [-0.1, -0.05) is 54.6 Å². The van der Waals surface area contributed by atoms with Crippen LogP contribution in [0.4, 0.5) is 0 Å². The summed E-state index contributed by atoms with van der Waals surface area (Å²) in [5.41, 5.74) is 4.33. The average molecular weight is 402 g/mol. The van der Waals surface area contributed by atoms with Gasteiger partial charge in [-0.2, -0.15) is 0 Å². The molecule has 4 heteroatoms. The maximum absolute atomic E-state index is 4.81. The highest BCUT2D eigenvalue weighted by Crippen LogP contribution is 2.48. The van der Waals surface area contributed by atoms with Crippen LogP contribution in [-0.4, -0.2) is 14.5 Å². The molecule has 0 bridgehead atoms. The predicted molar refractivity (Wildman–Crippen MR) is 106 cm³/mol. The Morgan fingerprint density at radius 2 is 1.69 bits per heavy atom. The van der Waals surface area contributed by atoms with Crippen molar-refractivity contribution in [3.8, 4) is 11.4 Å². The van der Waals surface area contributed by atoms with E-state index in [0.29, 0.717) is 0 Å². The summed E-state index contributed by atoms with van der Waals surface area (Å²) in [6, 6.07) is 23.3. The molecule has 0 fully saturated rings. The quantitative estimate of drug-likeness (QED) is 0.480. The van der Waals surface area contributed by atoms with Gasteiger partial charge in [-0.15, -0.1) is 0 Å². The smallest absolute Gasteiger partial charge is 0.141 e. The van der Waals surface area contributed by atoms with Gasteiger partial charge in [0.2, 0.25) is 0 Å². The van der Waals surface area contributed by atoms with Gasteiger partial charge >= 0.3 is 0 Å². The predicted octanol–water partition coefficient (Wildman–Crippen LogP) is 5.06. The number of fused-ring (bicyclic) bond motifs is 3. The number of hydrogen-bond acceptors (Lipinski definition) is 2. The summed E-state index contributed by atoms with van der Waals surface area (Å²) < 4.78 is 3.26. The first-order chi connectivity index (χ1) is 12.8. The molecule has 126 valence electrons. The third-order valence-corrected chi connectivity index (χ3v) is 5.59. The molecule has 0 saturated carbocycles. The average Bonchev–Trinajstić information content (AvgIpc) is 3.26. The van der Waals surface area contributed by atoms with Crippen LogP contribution in [0.25, 0.3) is 11.4 Å². The maximum atomic E-state index is 4.81. The van der Waals surface area contributed by atoms with Crippen LogP contribution in [0.3, 0.4) is 0 Å². The van der Waals surface area contributed by atoms with Crippen molar-refractivity contribution in [1.29, 1.82) is 0 Å².